The van der Waals surface area contributed by atoms with E-state index < -0.39 is 23.3 Å². The molecular formula is C17H25N2O4+. The Bertz CT molecular complexity index is 581. The van der Waals surface area contributed by atoms with Crippen molar-refractivity contribution in [2.24, 2.45) is 5.11 Å². The zero-order valence-electron chi connectivity index (χ0n) is 14.6. The fourth-order valence-electron chi connectivity index (χ4n) is 1.61. The Hall–Kier alpha value is -2.24. The first-order chi connectivity index (χ1) is 10.5. The van der Waals surface area contributed by atoms with Gasteiger partial charge in [0.2, 0.25) is 0 Å². The summed E-state index contributed by atoms with van der Waals surface area (Å²) in [6, 6.07) is 9.29. The van der Waals surface area contributed by atoms with Crippen molar-refractivity contribution in [3.63, 3.8) is 0 Å². The fraction of sp³-hybridized carbons (Fsp3) is 0.529. The summed E-state index contributed by atoms with van der Waals surface area (Å²) in [5.74, 6) is 0. The molecule has 1 aromatic carbocycles. The van der Waals surface area contributed by atoms with E-state index in [1.54, 1.807) is 41.5 Å². The summed E-state index contributed by atoms with van der Waals surface area (Å²) in [7, 11) is 0. The van der Waals surface area contributed by atoms with Crippen molar-refractivity contribution < 1.29 is 23.8 Å². The Morgan fingerprint density at radius 2 is 1.61 bits per heavy atom. The second-order valence-electron chi connectivity index (χ2n) is 7.10. The predicted molar refractivity (Wildman–Crippen MR) is 85.3 cm³/mol. The number of nitrogens with zero attached hydrogens (tertiary/aromatic N) is 2. The molecule has 0 aromatic heterocycles. The number of rotatable bonds is 2. The van der Waals surface area contributed by atoms with Gasteiger partial charge in [-0.25, -0.2) is 4.79 Å². The van der Waals surface area contributed by atoms with Crippen molar-refractivity contribution in [1.29, 1.82) is 0 Å². The Morgan fingerprint density at radius 3 is 2.09 bits per heavy atom. The van der Waals surface area contributed by atoms with Crippen LogP contribution in [0.25, 0.3) is 0 Å². The lowest BCUT2D eigenvalue weighted by Crippen LogP contribution is -2.38. The number of ether oxygens (including phenoxy) is 2. The quantitative estimate of drug-likeness (QED) is 0.593. The van der Waals surface area contributed by atoms with Crippen LogP contribution in [0.4, 0.5) is 9.59 Å². The molecule has 0 aliphatic rings. The molecule has 1 rings (SSSR count). The molecular weight excluding hydrogens is 296 g/mol. The van der Waals surface area contributed by atoms with Crippen molar-refractivity contribution in [3.05, 3.63) is 35.9 Å². The molecule has 23 heavy (non-hydrogen) atoms. The van der Waals surface area contributed by atoms with Gasteiger partial charge in [0.1, 0.15) is 12.2 Å². The maximum absolute atomic E-state index is 12.3. The van der Waals surface area contributed by atoms with E-state index in [0.717, 1.165) is 10.3 Å². The summed E-state index contributed by atoms with van der Waals surface area (Å²) < 4.78 is 11.4. The number of carbonyl (C=O) groups excluding carboxylic acids is 2. The molecule has 1 aromatic rings. The highest BCUT2D eigenvalue weighted by Crippen LogP contribution is 2.14. The molecule has 0 atom stereocenters. The van der Waals surface area contributed by atoms with E-state index in [0.29, 0.717) is 0 Å². The summed E-state index contributed by atoms with van der Waals surface area (Å²) in [4.78, 5) is 24.1. The number of benzene rings is 1. The zero-order valence-corrected chi connectivity index (χ0v) is 14.6. The SMILES string of the molecule is CC(C)(C)OC(=O)N=[N+](C(=O)OCc1ccccc1)C(C)(C)C. The van der Waals surface area contributed by atoms with Gasteiger partial charge in [-0.3, -0.25) is 0 Å². The smallest absolute Gasteiger partial charge is 0.439 e. The number of hydrogen-bond acceptors (Lipinski definition) is 4. The summed E-state index contributed by atoms with van der Waals surface area (Å²) >= 11 is 0. The summed E-state index contributed by atoms with van der Waals surface area (Å²) in [6.45, 7) is 10.6. The predicted octanol–water partition coefficient (Wildman–Crippen LogP) is 4.52. The van der Waals surface area contributed by atoms with Crippen LogP contribution >= 0.6 is 0 Å². The number of carbonyl (C=O) groups is 2. The Morgan fingerprint density at radius 1 is 1.04 bits per heavy atom. The van der Waals surface area contributed by atoms with Crippen molar-refractivity contribution in [3.8, 4) is 0 Å². The maximum atomic E-state index is 12.3. The van der Waals surface area contributed by atoms with Crippen LogP contribution in [0.1, 0.15) is 47.1 Å². The van der Waals surface area contributed by atoms with Crippen LogP contribution in [0.2, 0.25) is 0 Å². The third-order valence-corrected chi connectivity index (χ3v) is 2.59. The minimum atomic E-state index is -0.830. The van der Waals surface area contributed by atoms with E-state index >= 15 is 0 Å². The van der Waals surface area contributed by atoms with Gasteiger partial charge < -0.3 is 9.47 Å². The van der Waals surface area contributed by atoms with Crippen LogP contribution < -0.4 is 0 Å². The molecule has 0 aliphatic carbocycles. The number of azo groups is 2. The van der Waals surface area contributed by atoms with Crippen LogP contribution in [0, 0.1) is 0 Å². The lowest BCUT2D eigenvalue weighted by molar-refractivity contribution is -0.579. The monoisotopic (exact) mass is 321 g/mol. The van der Waals surface area contributed by atoms with Crippen LogP contribution in [0.3, 0.4) is 0 Å². The molecule has 0 saturated heterocycles. The standard InChI is InChI=1S/C17H25N2O4/c1-16(2,3)19(18-14(20)23-17(4,5)6)15(21)22-12-13-10-8-7-9-11-13/h7-11H,12H2,1-6H3/q+1. The normalized spacial score (nSPS) is 12.7. The summed E-state index contributed by atoms with van der Waals surface area (Å²) in [5, 5.41) is 3.74. The van der Waals surface area contributed by atoms with Gasteiger partial charge >= 0.3 is 12.2 Å². The van der Waals surface area contributed by atoms with Gasteiger partial charge in [0.05, 0.1) is 5.11 Å². The Balaban J connectivity index is 2.85. The summed E-state index contributed by atoms with van der Waals surface area (Å²) in [5.41, 5.74) is -0.546. The first-order valence-electron chi connectivity index (χ1n) is 7.44. The van der Waals surface area contributed by atoms with Crippen LogP contribution in [-0.2, 0) is 16.1 Å². The molecule has 0 unspecified atom stereocenters. The fourth-order valence-corrected chi connectivity index (χ4v) is 1.61. The molecule has 6 nitrogen and oxygen atoms in total. The van der Waals surface area contributed by atoms with Crippen LogP contribution in [0.5, 0.6) is 0 Å². The van der Waals surface area contributed by atoms with Gasteiger partial charge in [0.25, 0.3) is 0 Å². The van der Waals surface area contributed by atoms with Gasteiger partial charge in [-0.15, -0.1) is 0 Å². The minimum absolute atomic E-state index is 0.107. The van der Waals surface area contributed by atoms with E-state index in [1.807, 2.05) is 30.3 Å². The molecule has 6 heteroatoms. The van der Waals surface area contributed by atoms with Crippen molar-refractivity contribution >= 4 is 12.2 Å². The molecule has 0 aliphatic heterocycles. The zero-order chi connectivity index (χ0) is 17.7. The van der Waals surface area contributed by atoms with Gasteiger partial charge in [-0.05, 0) is 26.3 Å². The lowest BCUT2D eigenvalue weighted by Gasteiger charge is -2.17. The van der Waals surface area contributed by atoms with Crippen molar-refractivity contribution in [2.45, 2.75) is 59.3 Å². The topological polar surface area (TPSA) is 68.0 Å². The van der Waals surface area contributed by atoms with E-state index in [1.165, 1.54) is 0 Å². The van der Waals surface area contributed by atoms with Gasteiger partial charge in [0.15, 0.2) is 5.54 Å². The molecule has 0 heterocycles. The molecule has 0 spiro atoms. The first-order valence-corrected chi connectivity index (χ1v) is 7.44. The average Bonchev–Trinajstić information content (AvgIpc) is 2.40. The third-order valence-electron chi connectivity index (χ3n) is 2.59. The second-order valence-corrected chi connectivity index (χ2v) is 7.10. The highest BCUT2D eigenvalue weighted by Gasteiger charge is 2.38. The van der Waals surface area contributed by atoms with Crippen LogP contribution in [0.15, 0.2) is 35.4 Å². The van der Waals surface area contributed by atoms with Crippen molar-refractivity contribution in [1.82, 2.24) is 0 Å². The third kappa shape index (κ3) is 7.04. The Kier molecular flexibility index (Phi) is 6.01. The highest BCUT2D eigenvalue weighted by molar-refractivity contribution is 5.68. The molecule has 0 fully saturated rings. The van der Waals surface area contributed by atoms with Gasteiger partial charge in [-0.1, -0.05) is 30.3 Å². The van der Waals surface area contributed by atoms with E-state index in [4.69, 9.17) is 9.47 Å². The number of hydrogen-bond donors (Lipinski definition) is 0. The van der Waals surface area contributed by atoms with Crippen molar-refractivity contribution in [2.75, 3.05) is 0 Å². The molecule has 0 N–H and O–H groups in total. The minimum Gasteiger partial charge on any atom is -0.439 e. The molecule has 126 valence electrons. The van der Waals surface area contributed by atoms with Gasteiger partial charge in [-0.2, -0.15) is 4.79 Å². The largest absolute Gasteiger partial charge is 0.623 e. The van der Waals surface area contributed by atoms with E-state index in [-0.39, 0.29) is 6.61 Å². The lowest BCUT2D eigenvalue weighted by atomic mass is 10.1. The average molecular weight is 321 g/mol. The molecule has 0 saturated carbocycles. The first kappa shape index (κ1) is 18.8. The molecule has 0 bridgehead atoms. The molecule has 2 amide bonds. The highest BCUT2D eigenvalue weighted by atomic mass is 16.6. The maximum Gasteiger partial charge on any atom is 0.623 e. The van der Waals surface area contributed by atoms with E-state index in [2.05, 4.69) is 5.11 Å². The van der Waals surface area contributed by atoms with E-state index in [9.17, 15) is 9.59 Å². The number of amides is 2. The second kappa shape index (κ2) is 7.35. The van der Waals surface area contributed by atoms with Crippen LogP contribution in [-0.4, -0.2) is 28.0 Å². The summed E-state index contributed by atoms with van der Waals surface area (Å²) in [6.07, 6.45) is -1.53. The Labute approximate surface area is 137 Å². The molecule has 0 radical (unpaired) electrons. The van der Waals surface area contributed by atoms with Gasteiger partial charge in [0, 0.05) is 25.5 Å².